The third-order valence-electron chi connectivity index (χ3n) is 5.10. The molecule has 2 N–H and O–H groups in total. The molecule has 1 atom stereocenters. The van der Waals surface area contributed by atoms with Crippen LogP contribution in [0.25, 0.3) is 11.5 Å². The van der Waals surface area contributed by atoms with Crippen molar-refractivity contribution in [3.05, 3.63) is 42.1 Å². The van der Waals surface area contributed by atoms with Crippen molar-refractivity contribution in [2.45, 2.75) is 43.6 Å². The minimum absolute atomic E-state index is 0.273. The fourth-order valence-corrected chi connectivity index (χ4v) is 2.95. The highest BCUT2D eigenvalue weighted by Gasteiger charge is 2.46. The lowest BCUT2D eigenvalue weighted by molar-refractivity contribution is -0.141. The van der Waals surface area contributed by atoms with Crippen molar-refractivity contribution in [1.29, 1.82) is 5.26 Å². The summed E-state index contributed by atoms with van der Waals surface area (Å²) in [5.74, 6) is -1.26. The molecule has 0 saturated heterocycles. The summed E-state index contributed by atoms with van der Waals surface area (Å²) < 4.78 is 78.4. The lowest BCUT2D eigenvalue weighted by Gasteiger charge is -2.18. The van der Waals surface area contributed by atoms with Gasteiger partial charge >= 0.3 is 12.4 Å². The Morgan fingerprint density at radius 2 is 1.74 bits per heavy atom. The van der Waals surface area contributed by atoms with E-state index in [1.165, 1.54) is 12.3 Å². The Morgan fingerprint density at radius 3 is 2.37 bits per heavy atom. The summed E-state index contributed by atoms with van der Waals surface area (Å²) in [4.78, 5) is 22.8. The van der Waals surface area contributed by atoms with Crippen molar-refractivity contribution in [2.75, 3.05) is 10.6 Å². The standard InChI is InChI=1S/C20H15F6N9/c1-10(19(21,22)23)30-16-33-15(12-7-28-8-14(32-12)20(24,25)26)34-17(35-16)31-11-2-5-29-13(6-11)18(9-27)3-4-18/h2,5-8,10H,3-4H2,1H3,(H2,29,30,31,33,34,35)/t10-/m1/s1. The third-order valence-corrected chi connectivity index (χ3v) is 5.10. The summed E-state index contributed by atoms with van der Waals surface area (Å²) in [5.41, 5.74) is -1.60. The fraction of sp³-hybridized carbons (Fsp3) is 0.350. The van der Waals surface area contributed by atoms with Crippen molar-refractivity contribution in [3.63, 3.8) is 0 Å². The predicted octanol–water partition coefficient (Wildman–Crippen LogP) is 4.40. The molecule has 35 heavy (non-hydrogen) atoms. The van der Waals surface area contributed by atoms with Crippen LogP contribution in [-0.2, 0) is 11.6 Å². The SMILES string of the molecule is C[C@@H](Nc1nc(Nc2ccnc(C3(C#N)CC3)c2)nc(-c2cncc(C(F)(F)F)n2)n1)C(F)(F)F. The molecule has 0 aromatic carbocycles. The number of nitriles is 1. The quantitative estimate of drug-likeness (QED) is 0.479. The summed E-state index contributed by atoms with van der Waals surface area (Å²) in [6.45, 7) is 0.826. The molecular formula is C20H15F6N9. The summed E-state index contributed by atoms with van der Waals surface area (Å²) in [6, 6.07) is 3.20. The first-order valence-electron chi connectivity index (χ1n) is 10.0. The molecule has 1 aliphatic rings. The van der Waals surface area contributed by atoms with E-state index in [2.05, 4.69) is 46.6 Å². The lowest BCUT2D eigenvalue weighted by atomic mass is 10.0. The van der Waals surface area contributed by atoms with Crippen molar-refractivity contribution in [2.24, 2.45) is 0 Å². The average molecular weight is 495 g/mol. The lowest BCUT2D eigenvalue weighted by Crippen LogP contribution is -2.34. The molecule has 3 heterocycles. The van der Waals surface area contributed by atoms with Gasteiger partial charge in [0, 0.05) is 11.9 Å². The zero-order valence-electron chi connectivity index (χ0n) is 17.8. The number of anilines is 3. The van der Waals surface area contributed by atoms with Gasteiger partial charge in [-0.05, 0) is 31.9 Å². The molecule has 0 spiro atoms. The van der Waals surface area contributed by atoms with E-state index in [1.54, 1.807) is 6.07 Å². The van der Waals surface area contributed by atoms with Gasteiger partial charge in [-0.15, -0.1) is 0 Å². The van der Waals surface area contributed by atoms with Gasteiger partial charge in [-0.2, -0.15) is 46.6 Å². The number of hydrogen-bond donors (Lipinski definition) is 2. The number of rotatable bonds is 6. The Kier molecular flexibility index (Phi) is 5.91. The van der Waals surface area contributed by atoms with Crippen LogP contribution >= 0.6 is 0 Å². The van der Waals surface area contributed by atoms with Gasteiger partial charge in [0.05, 0.1) is 29.6 Å². The number of hydrogen-bond acceptors (Lipinski definition) is 9. The summed E-state index contributed by atoms with van der Waals surface area (Å²) in [6.07, 6.45) is -5.32. The van der Waals surface area contributed by atoms with E-state index in [0.717, 1.165) is 13.1 Å². The third kappa shape index (κ3) is 5.36. The predicted molar refractivity (Wildman–Crippen MR) is 109 cm³/mol. The van der Waals surface area contributed by atoms with Gasteiger partial charge in [0.15, 0.2) is 11.5 Å². The molecule has 3 aromatic rings. The zero-order valence-corrected chi connectivity index (χ0v) is 17.8. The molecule has 3 aromatic heterocycles. The highest BCUT2D eigenvalue weighted by Crippen LogP contribution is 2.47. The van der Waals surface area contributed by atoms with Gasteiger partial charge in [0.1, 0.15) is 11.7 Å². The maximum absolute atomic E-state index is 13.1. The van der Waals surface area contributed by atoms with Crippen LogP contribution in [-0.4, -0.2) is 42.1 Å². The van der Waals surface area contributed by atoms with Crippen LogP contribution in [0.4, 0.5) is 43.9 Å². The van der Waals surface area contributed by atoms with Crippen LogP contribution in [0.3, 0.4) is 0 Å². The van der Waals surface area contributed by atoms with Crippen LogP contribution in [0.1, 0.15) is 31.2 Å². The van der Waals surface area contributed by atoms with E-state index in [0.29, 0.717) is 30.4 Å². The first-order valence-corrected chi connectivity index (χ1v) is 10.0. The normalized spacial score (nSPS) is 15.7. The summed E-state index contributed by atoms with van der Waals surface area (Å²) in [7, 11) is 0. The Hall–Kier alpha value is -4.09. The molecule has 0 bridgehead atoms. The molecule has 1 saturated carbocycles. The van der Waals surface area contributed by atoms with E-state index < -0.39 is 47.0 Å². The van der Waals surface area contributed by atoms with E-state index in [4.69, 9.17) is 0 Å². The van der Waals surface area contributed by atoms with Gasteiger partial charge in [-0.25, -0.2) is 4.98 Å². The number of nitrogens with one attached hydrogen (secondary N) is 2. The molecule has 9 nitrogen and oxygen atoms in total. The first kappa shape index (κ1) is 24.0. The maximum atomic E-state index is 13.1. The second-order valence-electron chi connectivity index (χ2n) is 7.75. The smallest absolute Gasteiger partial charge is 0.343 e. The molecule has 4 rings (SSSR count). The highest BCUT2D eigenvalue weighted by molar-refractivity contribution is 5.59. The molecule has 0 amide bonds. The summed E-state index contributed by atoms with van der Waals surface area (Å²) in [5, 5.41) is 14.2. The van der Waals surface area contributed by atoms with Crippen LogP contribution in [0.15, 0.2) is 30.7 Å². The van der Waals surface area contributed by atoms with Crippen LogP contribution in [0.2, 0.25) is 0 Å². The van der Waals surface area contributed by atoms with Crippen LogP contribution < -0.4 is 10.6 Å². The largest absolute Gasteiger partial charge is 0.434 e. The number of alkyl halides is 6. The number of aromatic nitrogens is 6. The van der Waals surface area contributed by atoms with Crippen LogP contribution in [0, 0.1) is 11.3 Å². The maximum Gasteiger partial charge on any atom is 0.434 e. The molecule has 1 aliphatic carbocycles. The van der Waals surface area contributed by atoms with Crippen molar-refractivity contribution in [1.82, 2.24) is 29.9 Å². The number of pyridine rings is 1. The minimum atomic E-state index is -4.81. The van der Waals surface area contributed by atoms with Gasteiger partial charge in [0.2, 0.25) is 11.9 Å². The van der Waals surface area contributed by atoms with E-state index in [1.807, 2.05) is 0 Å². The second-order valence-corrected chi connectivity index (χ2v) is 7.75. The molecular weight excluding hydrogens is 480 g/mol. The molecule has 15 heteroatoms. The van der Waals surface area contributed by atoms with Crippen molar-refractivity contribution >= 4 is 17.6 Å². The van der Waals surface area contributed by atoms with Gasteiger partial charge in [-0.3, -0.25) is 9.97 Å². The number of nitrogens with zero attached hydrogens (tertiary/aromatic N) is 7. The first-order chi connectivity index (χ1) is 16.4. The van der Waals surface area contributed by atoms with E-state index in [9.17, 15) is 31.6 Å². The minimum Gasteiger partial charge on any atom is -0.343 e. The molecule has 0 unspecified atom stereocenters. The zero-order chi connectivity index (χ0) is 25.4. The van der Waals surface area contributed by atoms with Crippen LogP contribution in [0.5, 0.6) is 0 Å². The Labute approximate surface area is 193 Å². The highest BCUT2D eigenvalue weighted by atomic mass is 19.4. The molecule has 1 fully saturated rings. The second kappa shape index (κ2) is 8.60. The van der Waals surface area contributed by atoms with Gasteiger partial charge < -0.3 is 10.6 Å². The fourth-order valence-electron chi connectivity index (χ4n) is 2.95. The summed E-state index contributed by atoms with van der Waals surface area (Å²) >= 11 is 0. The number of halogens is 6. The monoisotopic (exact) mass is 495 g/mol. The Bertz CT molecular complexity index is 1280. The molecule has 182 valence electrons. The molecule has 0 aliphatic heterocycles. The van der Waals surface area contributed by atoms with Crippen molar-refractivity contribution < 1.29 is 26.3 Å². The van der Waals surface area contributed by atoms with Crippen molar-refractivity contribution in [3.8, 4) is 17.6 Å². The molecule has 0 radical (unpaired) electrons. The van der Waals surface area contributed by atoms with Gasteiger partial charge in [-0.1, -0.05) is 0 Å². The van der Waals surface area contributed by atoms with E-state index >= 15 is 0 Å². The average Bonchev–Trinajstić information content (AvgIpc) is 3.59. The Balaban J connectivity index is 1.72. The topological polar surface area (TPSA) is 125 Å². The van der Waals surface area contributed by atoms with E-state index in [-0.39, 0.29) is 5.95 Å². The van der Waals surface area contributed by atoms with Gasteiger partial charge in [0.25, 0.3) is 0 Å². The Morgan fingerprint density at radius 1 is 1.03 bits per heavy atom.